The summed E-state index contributed by atoms with van der Waals surface area (Å²) in [5, 5.41) is 0. The maximum Gasteiger partial charge on any atom is 0.289 e. The van der Waals surface area contributed by atoms with Gasteiger partial charge in [0.05, 0.1) is 6.42 Å². The molecule has 0 rings (SSSR count). The van der Waals surface area contributed by atoms with E-state index in [1.165, 1.54) is 21.3 Å². The van der Waals surface area contributed by atoms with E-state index in [2.05, 4.69) is 0 Å². The summed E-state index contributed by atoms with van der Waals surface area (Å²) in [7, 11) is 4.24. The standard InChI is InChI=1S/C6H12O4.Al.3H/c1-8-6(9-2,10-3)4-5-7;;;;/h5H,4H2,1-3H3;;;;. The van der Waals surface area contributed by atoms with Gasteiger partial charge in [-0.05, 0) is 0 Å². The van der Waals surface area contributed by atoms with Crippen molar-refractivity contribution in [3.05, 3.63) is 0 Å². The fourth-order valence-corrected chi connectivity index (χ4v) is 0.602. The van der Waals surface area contributed by atoms with E-state index in [1.807, 2.05) is 0 Å². The van der Waals surface area contributed by atoms with Crippen molar-refractivity contribution in [2.45, 2.75) is 12.4 Å². The van der Waals surface area contributed by atoms with Gasteiger partial charge >= 0.3 is 0 Å². The second-order valence-electron chi connectivity index (χ2n) is 1.67. The van der Waals surface area contributed by atoms with Crippen LogP contribution in [-0.4, -0.2) is 50.9 Å². The van der Waals surface area contributed by atoms with Crippen LogP contribution < -0.4 is 0 Å². The predicted octanol–water partition coefficient (Wildman–Crippen LogP) is -1.02. The fourth-order valence-electron chi connectivity index (χ4n) is 0.602. The van der Waals surface area contributed by atoms with E-state index < -0.39 is 5.97 Å². The van der Waals surface area contributed by atoms with Crippen molar-refractivity contribution < 1.29 is 19.0 Å². The van der Waals surface area contributed by atoms with E-state index in [1.54, 1.807) is 0 Å². The Morgan fingerprint density at radius 1 is 1.18 bits per heavy atom. The van der Waals surface area contributed by atoms with E-state index in [-0.39, 0.29) is 23.8 Å². The number of ether oxygens (including phenoxy) is 3. The fraction of sp³-hybridized carbons (Fsp3) is 0.833. The van der Waals surface area contributed by atoms with E-state index >= 15 is 0 Å². The van der Waals surface area contributed by atoms with E-state index in [0.29, 0.717) is 6.29 Å². The van der Waals surface area contributed by atoms with Gasteiger partial charge in [0.1, 0.15) is 6.29 Å². The summed E-state index contributed by atoms with van der Waals surface area (Å²) in [6, 6.07) is 0. The van der Waals surface area contributed by atoms with Crippen LogP contribution in [0.25, 0.3) is 0 Å². The SMILES string of the molecule is COC(CC=O)(OC)OC.[AlH3]. The molecule has 0 aromatic rings. The zero-order chi connectivity index (χ0) is 8.04. The number of hydrogen-bond acceptors (Lipinski definition) is 4. The first-order valence-electron chi connectivity index (χ1n) is 2.83. The number of methoxy groups -OCH3 is 3. The Hall–Kier alpha value is 0.0825. The monoisotopic (exact) mass is 178 g/mol. The third-order valence-electron chi connectivity index (χ3n) is 1.27. The summed E-state index contributed by atoms with van der Waals surface area (Å²) >= 11 is 0. The van der Waals surface area contributed by atoms with Crippen molar-refractivity contribution in [1.82, 2.24) is 0 Å². The summed E-state index contributed by atoms with van der Waals surface area (Å²) < 4.78 is 14.4. The molecule has 0 aliphatic rings. The Bertz CT molecular complexity index is 94.5. The number of aldehydes is 1. The van der Waals surface area contributed by atoms with Gasteiger partial charge in [-0.3, -0.25) is 0 Å². The maximum atomic E-state index is 10.1. The molecule has 0 bridgehead atoms. The van der Waals surface area contributed by atoms with Crippen LogP contribution in [0.4, 0.5) is 0 Å². The van der Waals surface area contributed by atoms with Crippen LogP contribution in [0.3, 0.4) is 0 Å². The lowest BCUT2D eigenvalue weighted by atomic mass is 10.4. The Morgan fingerprint density at radius 2 is 1.55 bits per heavy atom. The molecule has 11 heavy (non-hydrogen) atoms. The first kappa shape index (κ1) is 13.7. The van der Waals surface area contributed by atoms with Crippen LogP contribution in [0.15, 0.2) is 0 Å². The molecule has 0 spiro atoms. The Balaban J connectivity index is 0. The van der Waals surface area contributed by atoms with Gasteiger partial charge in [0.2, 0.25) is 0 Å². The number of rotatable bonds is 5. The van der Waals surface area contributed by atoms with E-state index in [4.69, 9.17) is 14.2 Å². The molecule has 0 amide bonds. The summed E-state index contributed by atoms with van der Waals surface area (Å²) in [5.74, 6) is -1.19. The van der Waals surface area contributed by atoms with Crippen molar-refractivity contribution >= 4 is 23.6 Å². The van der Waals surface area contributed by atoms with Crippen LogP contribution in [0, 0.1) is 0 Å². The molecule has 0 saturated heterocycles. The molecule has 0 N–H and O–H groups in total. The van der Waals surface area contributed by atoms with E-state index in [0.717, 1.165) is 0 Å². The molecule has 0 aromatic heterocycles. The maximum absolute atomic E-state index is 10.1. The topological polar surface area (TPSA) is 44.8 Å². The first-order chi connectivity index (χ1) is 4.74. The van der Waals surface area contributed by atoms with Crippen LogP contribution in [0.1, 0.15) is 6.42 Å². The van der Waals surface area contributed by atoms with Gasteiger partial charge in [0.25, 0.3) is 5.97 Å². The zero-order valence-electron chi connectivity index (χ0n) is 6.42. The van der Waals surface area contributed by atoms with Crippen molar-refractivity contribution in [1.29, 1.82) is 0 Å². The van der Waals surface area contributed by atoms with Crippen LogP contribution in [0.5, 0.6) is 0 Å². The van der Waals surface area contributed by atoms with Gasteiger partial charge in [-0.1, -0.05) is 0 Å². The predicted molar refractivity (Wildman–Crippen MR) is 44.4 cm³/mol. The molecule has 66 valence electrons. The van der Waals surface area contributed by atoms with Crippen LogP contribution in [0.2, 0.25) is 0 Å². The van der Waals surface area contributed by atoms with Crippen LogP contribution in [-0.2, 0) is 19.0 Å². The molecule has 5 heteroatoms. The van der Waals surface area contributed by atoms with Crippen molar-refractivity contribution in [2.24, 2.45) is 0 Å². The Kier molecular flexibility index (Phi) is 8.41. The lowest BCUT2D eigenvalue weighted by Gasteiger charge is -2.26. The van der Waals surface area contributed by atoms with Crippen molar-refractivity contribution in [3.8, 4) is 0 Å². The number of hydrogen-bond donors (Lipinski definition) is 0. The van der Waals surface area contributed by atoms with E-state index in [9.17, 15) is 4.79 Å². The van der Waals surface area contributed by atoms with Gasteiger partial charge < -0.3 is 19.0 Å². The minimum Gasteiger partial charge on any atom is -0.330 e. The molecule has 4 nitrogen and oxygen atoms in total. The highest BCUT2D eigenvalue weighted by Crippen LogP contribution is 2.14. The highest BCUT2D eigenvalue weighted by atomic mass is 27.0. The number of carbonyl (C=O) groups excluding carboxylic acids is 1. The highest BCUT2D eigenvalue weighted by molar-refractivity contribution is 5.75. The molecule has 0 unspecified atom stereocenters. The average Bonchev–Trinajstić information content (AvgIpc) is 2.01. The van der Waals surface area contributed by atoms with Gasteiger partial charge in [-0.15, -0.1) is 0 Å². The van der Waals surface area contributed by atoms with Gasteiger partial charge in [0.15, 0.2) is 17.4 Å². The van der Waals surface area contributed by atoms with Crippen molar-refractivity contribution in [3.63, 3.8) is 0 Å². The number of carbonyl (C=O) groups is 1. The molecule has 0 aromatic carbocycles. The average molecular weight is 178 g/mol. The minimum atomic E-state index is -1.19. The lowest BCUT2D eigenvalue weighted by molar-refractivity contribution is -0.349. The lowest BCUT2D eigenvalue weighted by Crippen LogP contribution is -2.36. The summed E-state index contributed by atoms with van der Waals surface area (Å²) in [6.45, 7) is 0. The minimum absolute atomic E-state index is 0. The highest BCUT2D eigenvalue weighted by Gasteiger charge is 2.28. The second-order valence-corrected chi connectivity index (χ2v) is 1.67. The zero-order valence-corrected chi connectivity index (χ0v) is 6.42. The summed E-state index contributed by atoms with van der Waals surface area (Å²) in [5.41, 5.74) is 0. The largest absolute Gasteiger partial charge is 0.330 e. The van der Waals surface area contributed by atoms with Gasteiger partial charge in [0, 0.05) is 21.3 Å². The molecule has 0 fully saturated rings. The third kappa shape index (κ3) is 3.85. The molecule has 0 saturated carbocycles. The quantitative estimate of drug-likeness (QED) is 0.307. The second kappa shape index (κ2) is 6.77. The Labute approximate surface area is 76.9 Å². The Morgan fingerprint density at radius 3 is 1.64 bits per heavy atom. The van der Waals surface area contributed by atoms with Crippen molar-refractivity contribution in [2.75, 3.05) is 21.3 Å². The molecular weight excluding hydrogens is 163 g/mol. The van der Waals surface area contributed by atoms with Crippen LogP contribution >= 0.6 is 0 Å². The summed E-state index contributed by atoms with van der Waals surface area (Å²) in [6.07, 6.45) is 0.743. The smallest absolute Gasteiger partial charge is 0.289 e. The molecule has 0 aliphatic carbocycles. The molecule has 0 atom stereocenters. The van der Waals surface area contributed by atoms with Gasteiger partial charge in [-0.25, -0.2) is 0 Å². The third-order valence-corrected chi connectivity index (χ3v) is 1.27. The summed E-state index contributed by atoms with van der Waals surface area (Å²) in [4.78, 5) is 10.1. The molecule has 0 heterocycles. The molecular formula is C6H15AlO4. The molecule has 0 radical (unpaired) electrons. The first-order valence-corrected chi connectivity index (χ1v) is 2.83. The van der Waals surface area contributed by atoms with Gasteiger partial charge in [-0.2, -0.15) is 0 Å². The molecule has 0 aliphatic heterocycles. The normalized spacial score (nSPS) is 10.5.